The number of nitrogens with one attached hydrogen (secondary N) is 2. The van der Waals surface area contributed by atoms with Crippen LogP contribution in [0, 0.1) is 0 Å². The van der Waals surface area contributed by atoms with E-state index in [-0.39, 0.29) is 0 Å². The zero-order valence-corrected chi connectivity index (χ0v) is 8.47. The van der Waals surface area contributed by atoms with E-state index in [9.17, 15) is 0 Å². The number of hydrogen-bond donors (Lipinski definition) is 2. The van der Waals surface area contributed by atoms with Crippen molar-refractivity contribution in [3.05, 3.63) is 36.6 Å². The fourth-order valence-electron chi connectivity index (χ4n) is 1.94. The molecule has 76 valence electrons. The maximum absolute atomic E-state index is 4.00. The molecule has 0 radical (unpaired) electrons. The molecule has 0 spiro atoms. The molecule has 2 rings (SSSR count). The van der Waals surface area contributed by atoms with Crippen molar-refractivity contribution < 1.29 is 0 Å². The van der Waals surface area contributed by atoms with Gasteiger partial charge in [0.1, 0.15) is 0 Å². The minimum atomic E-state index is 0.802. The average molecular weight is 191 g/mol. The Morgan fingerprint density at radius 1 is 1.14 bits per heavy atom. The predicted molar refractivity (Wildman–Crippen MR) is 58.1 cm³/mol. The first-order valence-electron chi connectivity index (χ1n) is 5.14. The van der Waals surface area contributed by atoms with E-state index >= 15 is 0 Å². The Morgan fingerprint density at radius 3 is 2.50 bits per heavy atom. The first-order chi connectivity index (χ1) is 6.77. The van der Waals surface area contributed by atoms with Crippen molar-refractivity contribution in [2.45, 2.75) is 19.3 Å². The summed E-state index contributed by atoms with van der Waals surface area (Å²) < 4.78 is 0. The van der Waals surface area contributed by atoms with Crippen LogP contribution < -0.4 is 10.6 Å². The third-order valence-corrected chi connectivity index (χ3v) is 2.69. The molecule has 3 heteroatoms. The van der Waals surface area contributed by atoms with Crippen LogP contribution in [0.1, 0.15) is 19.3 Å². The van der Waals surface area contributed by atoms with Gasteiger partial charge in [-0.25, -0.2) is 0 Å². The summed E-state index contributed by atoms with van der Waals surface area (Å²) in [5.41, 5.74) is 2.13. The summed E-state index contributed by atoms with van der Waals surface area (Å²) in [6, 6.07) is 0. The highest BCUT2D eigenvalue weighted by molar-refractivity contribution is 5.32. The molecule has 3 nitrogen and oxygen atoms in total. The van der Waals surface area contributed by atoms with E-state index in [1.54, 1.807) is 0 Å². The summed E-state index contributed by atoms with van der Waals surface area (Å²) in [6.07, 6.45) is 5.91. The Bertz CT molecular complexity index is 285. The maximum atomic E-state index is 4.00. The van der Waals surface area contributed by atoms with E-state index in [4.69, 9.17) is 0 Å². The molecule has 0 amide bonds. The van der Waals surface area contributed by atoms with Gasteiger partial charge in [-0.15, -0.1) is 0 Å². The Hall–Kier alpha value is -1.38. The maximum Gasteiger partial charge on any atom is 0.0998 e. The van der Waals surface area contributed by atoms with Gasteiger partial charge in [0.05, 0.1) is 17.2 Å². The van der Waals surface area contributed by atoms with Crippen molar-refractivity contribution in [2.24, 2.45) is 0 Å². The second kappa shape index (κ2) is 3.78. The molecule has 0 aromatic carbocycles. The van der Waals surface area contributed by atoms with Gasteiger partial charge < -0.3 is 15.5 Å². The molecule has 2 aliphatic heterocycles. The number of likely N-dealkylation sites (tertiary alicyclic amines) is 1. The first-order valence-corrected chi connectivity index (χ1v) is 5.14. The molecule has 2 aliphatic rings. The minimum absolute atomic E-state index is 0.802. The van der Waals surface area contributed by atoms with Gasteiger partial charge in [-0.3, -0.25) is 0 Å². The van der Waals surface area contributed by atoms with Crippen molar-refractivity contribution >= 4 is 0 Å². The lowest BCUT2D eigenvalue weighted by atomic mass is 10.1. The zero-order valence-electron chi connectivity index (χ0n) is 8.47. The van der Waals surface area contributed by atoms with Crippen LogP contribution in [0.15, 0.2) is 36.6 Å². The number of piperidine rings is 1. The van der Waals surface area contributed by atoms with E-state index in [0.717, 1.165) is 24.6 Å². The molecule has 0 saturated carbocycles. The number of nitrogens with zero attached hydrogens (tertiary/aromatic N) is 1. The van der Waals surface area contributed by atoms with Crippen LogP contribution in [0.3, 0.4) is 0 Å². The largest absolute Gasteiger partial charge is 0.369 e. The monoisotopic (exact) mass is 191 g/mol. The summed E-state index contributed by atoms with van der Waals surface area (Å²) in [4.78, 5) is 2.37. The molecular formula is C11H17N3. The second-order valence-electron chi connectivity index (χ2n) is 3.80. The Morgan fingerprint density at radius 2 is 1.86 bits per heavy atom. The van der Waals surface area contributed by atoms with E-state index in [0.29, 0.717) is 0 Å². The average Bonchev–Trinajstić information content (AvgIpc) is 2.19. The second-order valence-corrected chi connectivity index (χ2v) is 3.80. The molecule has 14 heavy (non-hydrogen) atoms. The summed E-state index contributed by atoms with van der Waals surface area (Å²) in [5.74, 6) is 0.802. The molecule has 0 aromatic heterocycles. The van der Waals surface area contributed by atoms with Crippen LogP contribution in [0.5, 0.6) is 0 Å². The smallest absolute Gasteiger partial charge is 0.0998 e. The quantitative estimate of drug-likeness (QED) is 0.657. The van der Waals surface area contributed by atoms with Crippen LogP contribution in [0.4, 0.5) is 0 Å². The van der Waals surface area contributed by atoms with Crippen molar-refractivity contribution in [2.75, 3.05) is 13.1 Å². The fraction of sp³-hybridized carbons (Fsp3) is 0.455. The van der Waals surface area contributed by atoms with Gasteiger partial charge in [0.2, 0.25) is 0 Å². The Labute approximate surface area is 85.2 Å². The highest BCUT2D eigenvalue weighted by Gasteiger charge is 2.18. The number of hydrogen-bond acceptors (Lipinski definition) is 3. The van der Waals surface area contributed by atoms with Gasteiger partial charge in [-0.2, -0.15) is 0 Å². The van der Waals surface area contributed by atoms with Gasteiger partial charge >= 0.3 is 0 Å². The zero-order chi connectivity index (χ0) is 9.97. The molecule has 1 saturated heterocycles. The van der Waals surface area contributed by atoms with E-state index in [1.165, 1.54) is 25.0 Å². The van der Waals surface area contributed by atoms with Crippen molar-refractivity contribution in [3.8, 4) is 0 Å². The summed E-state index contributed by atoms with van der Waals surface area (Å²) in [6.45, 7) is 10.1. The van der Waals surface area contributed by atoms with E-state index in [2.05, 4.69) is 28.7 Å². The van der Waals surface area contributed by atoms with Crippen molar-refractivity contribution in [3.63, 3.8) is 0 Å². The minimum Gasteiger partial charge on any atom is -0.369 e. The molecule has 0 bridgehead atoms. The SMILES string of the molecule is C=C1NC=C(N2CCCCC2)C(=C)N1. The lowest BCUT2D eigenvalue weighted by molar-refractivity contribution is 0.284. The highest BCUT2D eigenvalue weighted by atomic mass is 15.2. The van der Waals surface area contributed by atoms with E-state index < -0.39 is 0 Å². The summed E-state index contributed by atoms with van der Waals surface area (Å²) in [7, 11) is 0. The third kappa shape index (κ3) is 1.76. The lowest BCUT2D eigenvalue weighted by Crippen LogP contribution is -2.37. The third-order valence-electron chi connectivity index (χ3n) is 2.69. The molecule has 0 aliphatic carbocycles. The lowest BCUT2D eigenvalue weighted by Gasteiger charge is -2.34. The molecule has 0 unspecified atom stereocenters. The van der Waals surface area contributed by atoms with Crippen molar-refractivity contribution in [1.82, 2.24) is 15.5 Å². The van der Waals surface area contributed by atoms with Gasteiger partial charge in [0, 0.05) is 19.3 Å². The summed E-state index contributed by atoms with van der Waals surface area (Å²) in [5, 5.41) is 6.21. The van der Waals surface area contributed by atoms with E-state index in [1.807, 2.05) is 6.20 Å². The topological polar surface area (TPSA) is 27.3 Å². The van der Waals surface area contributed by atoms with Gasteiger partial charge in [0.15, 0.2) is 0 Å². The normalized spacial score (nSPS) is 22.6. The van der Waals surface area contributed by atoms with Gasteiger partial charge in [-0.1, -0.05) is 13.2 Å². The van der Waals surface area contributed by atoms with Crippen molar-refractivity contribution in [1.29, 1.82) is 0 Å². The number of rotatable bonds is 1. The molecular weight excluding hydrogens is 174 g/mol. The standard InChI is InChI=1S/C11H17N3/c1-9-11(8-12-10(2)13-9)14-6-4-3-5-7-14/h8,12-13H,1-7H2. The molecule has 1 fully saturated rings. The molecule has 2 heterocycles. The first kappa shape index (κ1) is 9.19. The van der Waals surface area contributed by atoms with Crippen LogP contribution in [-0.2, 0) is 0 Å². The highest BCUT2D eigenvalue weighted by Crippen LogP contribution is 2.20. The molecule has 2 N–H and O–H groups in total. The fourth-order valence-corrected chi connectivity index (χ4v) is 1.94. The van der Waals surface area contributed by atoms with Crippen LogP contribution in [0.2, 0.25) is 0 Å². The summed E-state index contributed by atoms with van der Waals surface area (Å²) >= 11 is 0. The Balaban J connectivity index is 2.08. The Kier molecular flexibility index (Phi) is 2.48. The van der Waals surface area contributed by atoms with Gasteiger partial charge in [0.25, 0.3) is 0 Å². The van der Waals surface area contributed by atoms with Crippen LogP contribution in [-0.4, -0.2) is 18.0 Å². The predicted octanol–water partition coefficient (Wildman–Crippen LogP) is 1.49. The van der Waals surface area contributed by atoms with Crippen LogP contribution >= 0.6 is 0 Å². The van der Waals surface area contributed by atoms with Gasteiger partial charge in [-0.05, 0) is 19.3 Å². The van der Waals surface area contributed by atoms with Crippen LogP contribution in [0.25, 0.3) is 0 Å². The molecule has 0 aromatic rings. The molecule has 0 atom stereocenters.